The zero-order valence-electron chi connectivity index (χ0n) is 14.4. The molecule has 0 aliphatic carbocycles. The number of fused-ring (bicyclic) bond motifs is 1. The first kappa shape index (κ1) is 17.0. The van der Waals surface area contributed by atoms with Gasteiger partial charge < -0.3 is 10.6 Å². The van der Waals surface area contributed by atoms with Gasteiger partial charge in [0.05, 0.1) is 6.54 Å². The Morgan fingerprint density at radius 1 is 1.38 bits per heavy atom. The van der Waals surface area contributed by atoms with Crippen LogP contribution < -0.4 is 5.73 Å². The predicted octanol–water partition coefficient (Wildman–Crippen LogP) is 2.62. The van der Waals surface area contributed by atoms with Crippen molar-refractivity contribution in [2.75, 3.05) is 18.8 Å². The molecule has 1 saturated heterocycles. The van der Waals surface area contributed by atoms with E-state index in [2.05, 4.69) is 4.98 Å². The predicted molar refractivity (Wildman–Crippen MR) is 101 cm³/mol. The summed E-state index contributed by atoms with van der Waals surface area (Å²) in [5.74, 6) is 0.521. The van der Waals surface area contributed by atoms with Gasteiger partial charge in [0, 0.05) is 36.9 Å². The van der Waals surface area contributed by atoms with Crippen LogP contribution in [0.3, 0.4) is 0 Å². The maximum absolute atomic E-state index is 14.1. The molecule has 134 valence electrons. The van der Waals surface area contributed by atoms with Crippen molar-refractivity contribution in [2.45, 2.75) is 12.5 Å². The Kier molecular flexibility index (Phi) is 4.19. The van der Waals surface area contributed by atoms with Gasteiger partial charge in [0.2, 0.25) is 11.9 Å². The molecule has 1 aromatic carbocycles. The quantitative estimate of drug-likeness (QED) is 0.825. The molecule has 2 aliphatic heterocycles. The van der Waals surface area contributed by atoms with Gasteiger partial charge in [-0.25, -0.2) is 9.98 Å². The lowest BCUT2D eigenvalue weighted by molar-refractivity contribution is -0.128. The third-order valence-corrected chi connectivity index (χ3v) is 6.12. The first-order valence-electron chi connectivity index (χ1n) is 8.45. The van der Waals surface area contributed by atoms with E-state index >= 15 is 0 Å². The number of rotatable bonds is 2. The number of hydrogen-bond donors (Lipinski definition) is 1. The third-order valence-electron chi connectivity index (χ3n) is 5.17. The van der Waals surface area contributed by atoms with E-state index in [4.69, 9.17) is 10.7 Å². The molecule has 2 aromatic rings. The highest BCUT2D eigenvalue weighted by atomic mass is 32.2. The summed E-state index contributed by atoms with van der Waals surface area (Å²) in [7, 11) is 0. The fourth-order valence-corrected chi connectivity index (χ4v) is 4.80. The van der Waals surface area contributed by atoms with Crippen LogP contribution in [0.5, 0.6) is 0 Å². The van der Waals surface area contributed by atoms with Gasteiger partial charge in [0.1, 0.15) is 5.54 Å². The van der Waals surface area contributed by atoms with Gasteiger partial charge in [0.25, 0.3) is 0 Å². The lowest BCUT2D eigenvalue weighted by Gasteiger charge is -2.34. The second-order valence-corrected chi connectivity index (χ2v) is 7.74. The van der Waals surface area contributed by atoms with Crippen molar-refractivity contribution in [1.82, 2.24) is 9.88 Å². The van der Waals surface area contributed by atoms with Gasteiger partial charge in [-0.2, -0.15) is 4.39 Å². The van der Waals surface area contributed by atoms with Crippen LogP contribution in [0, 0.1) is 11.9 Å². The van der Waals surface area contributed by atoms with Gasteiger partial charge in [-0.1, -0.05) is 30.0 Å². The number of likely N-dealkylation sites (tertiary alicyclic amines) is 1. The molecule has 5 nitrogen and oxygen atoms in total. The molecule has 26 heavy (non-hydrogen) atoms. The SMILES string of the molecule is CC(=O)N1CC2CSC(N)=NC2(c2cccc(-c3cccnc3F)c2)C1. The highest BCUT2D eigenvalue weighted by molar-refractivity contribution is 8.13. The van der Waals surface area contributed by atoms with E-state index in [1.54, 1.807) is 19.1 Å². The fourth-order valence-electron chi connectivity index (χ4n) is 3.82. The number of carbonyl (C=O) groups excluding carboxylic acids is 1. The van der Waals surface area contributed by atoms with Gasteiger partial charge in [-0.15, -0.1) is 0 Å². The summed E-state index contributed by atoms with van der Waals surface area (Å²) in [6, 6.07) is 11.1. The summed E-state index contributed by atoms with van der Waals surface area (Å²) < 4.78 is 14.1. The van der Waals surface area contributed by atoms with E-state index in [9.17, 15) is 9.18 Å². The second kappa shape index (κ2) is 6.39. The molecular weight excluding hydrogens is 351 g/mol. The Bertz CT molecular complexity index is 903. The molecule has 2 atom stereocenters. The van der Waals surface area contributed by atoms with E-state index in [1.807, 2.05) is 29.2 Å². The number of nitrogens with two attached hydrogens (primary N) is 1. The van der Waals surface area contributed by atoms with E-state index in [-0.39, 0.29) is 11.8 Å². The van der Waals surface area contributed by atoms with Crippen LogP contribution in [-0.2, 0) is 10.3 Å². The largest absolute Gasteiger partial charge is 0.379 e. The molecule has 0 bridgehead atoms. The average Bonchev–Trinajstić information content (AvgIpc) is 3.02. The molecule has 3 heterocycles. The normalized spacial score (nSPS) is 24.9. The highest BCUT2D eigenvalue weighted by Crippen LogP contribution is 2.46. The van der Waals surface area contributed by atoms with Gasteiger partial charge in [0.15, 0.2) is 5.17 Å². The summed E-state index contributed by atoms with van der Waals surface area (Å²) in [6.07, 6.45) is 1.43. The molecule has 0 saturated carbocycles. The number of halogens is 1. The standard InChI is InChI=1S/C19H19FN4OS/c1-12(25)24-9-15-10-26-18(21)23-19(15,11-24)14-5-2-4-13(8-14)16-6-3-7-22-17(16)20/h2-8,15H,9-11H2,1H3,(H2,21,23). The van der Waals surface area contributed by atoms with Crippen molar-refractivity contribution in [3.63, 3.8) is 0 Å². The van der Waals surface area contributed by atoms with Crippen LogP contribution in [0.1, 0.15) is 12.5 Å². The highest BCUT2D eigenvalue weighted by Gasteiger charge is 2.50. The Morgan fingerprint density at radius 3 is 3.00 bits per heavy atom. The molecule has 7 heteroatoms. The summed E-state index contributed by atoms with van der Waals surface area (Å²) in [4.78, 5) is 22.3. The van der Waals surface area contributed by atoms with Gasteiger partial charge in [-0.3, -0.25) is 4.79 Å². The minimum atomic E-state index is -0.574. The molecule has 2 aliphatic rings. The fraction of sp³-hybridized carbons (Fsp3) is 0.316. The van der Waals surface area contributed by atoms with E-state index in [0.29, 0.717) is 23.8 Å². The summed E-state index contributed by atoms with van der Waals surface area (Å²) in [5.41, 5.74) is 7.62. The first-order valence-corrected chi connectivity index (χ1v) is 9.43. The average molecular weight is 370 g/mol. The van der Waals surface area contributed by atoms with Crippen LogP contribution in [-0.4, -0.2) is 39.8 Å². The Morgan fingerprint density at radius 2 is 2.23 bits per heavy atom. The molecule has 1 amide bonds. The van der Waals surface area contributed by atoms with Gasteiger partial charge in [-0.05, 0) is 29.3 Å². The topological polar surface area (TPSA) is 71.6 Å². The molecule has 1 aromatic heterocycles. The van der Waals surface area contributed by atoms with E-state index in [0.717, 1.165) is 16.9 Å². The molecule has 2 unspecified atom stereocenters. The van der Waals surface area contributed by atoms with Gasteiger partial charge >= 0.3 is 0 Å². The lowest BCUT2D eigenvalue weighted by atomic mass is 9.81. The zero-order chi connectivity index (χ0) is 18.3. The number of carbonyl (C=O) groups is 1. The minimum absolute atomic E-state index is 0.0343. The maximum Gasteiger partial charge on any atom is 0.220 e. The maximum atomic E-state index is 14.1. The van der Waals surface area contributed by atoms with Crippen LogP contribution in [0.25, 0.3) is 11.1 Å². The molecular formula is C19H19FN4OS. The number of aliphatic imine (C=N–C) groups is 1. The number of benzene rings is 1. The monoisotopic (exact) mass is 370 g/mol. The number of pyridine rings is 1. The van der Waals surface area contributed by atoms with Crippen LogP contribution in [0.4, 0.5) is 4.39 Å². The lowest BCUT2D eigenvalue weighted by Crippen LogP contribution is -2.40. The molecule has 1 fully saturated rings. The van der Waals surface area contributed by atoms with Crippen molar-refractivity contribution in [3.05, 3.63) is 54.1 Å². The van der Waals surface area contributed by atoms with Crippen molar-refractivity contribution < 1.29 is 9.18 Å². The Hall–Kier alpha value is -2.41. The molecule has 2 N–H and O–H groups in total. The van der Waals surface area contributed by atoms with E-state index in [1.165, 1.54) is 18.0 Å². The summed E-state index contributed by atoms with van der Waals surface area (Å²) in [6.45, 7) is 2.73. The van der Waals surface area contributed by atoms with Crippen molar-refractivity contribution in [2.24, 2.45) is 16.6 Å². The number of nitrogens with zero attached hydrogens (tertiary/aromatic N) is 3. The van der Waals surface area contributed by atoms with Crippen molar-refractivity contribution in [1.29, 1.82) is 0 Å². The molecule has 0 radical (unpaired) electrons. The Balaban J connectivity index is 1.82. The second-order valence-electron chi connectivity index (χ2n) is 6.70. The number of amidine groups is 1. The number of amides is 1. The summed E-state index contributed by atoms with van der Waals surface area (Å²) >= 11 is 1.52. The smallest absolute Gasteiger partial charge is 0.220 e. The number of aromatic nitrogens is 1. The number of thioether (sulfide) groups is 1. The van der Waals surface area contributed by atoms with E-state index < -0.39 is 11.5 Å². The third kappa shape index (κ3) is 2.76. The van der Waals surface area contributed by atoms with Crippen LogP contribution in [0.2, 0.25) is 0 Å². The number of hydrogen-bond acceptors (Lipinski definition) is 5. The zero-order valence-corrected chi connectivity index (χ0v) is 15.2. The first-order chi connectivity index (χ1) is 12.5. The van der Waals surface area contributed by atoms with Crippen molar-refractivity contribution in [3.8, 4) is 11.1 Å². The van der Waals surface area contributed by atoms with Crippen LogP contribution >= 0.6 is 11.8 Å². The Labute approximate surface area is 155 Å². The molecule has 4 rings (SSSR count). The minimum Gasteiger partial charge on any atom is -0.379 e. The summed E-state index contributed by atoms with van der Waals surface area (Å²) in [5, 5.41) is 0.532. The van der Waals surface area contributed by atoms with Crippen LogP contribution in [0.15, 0.2) is 47.6 Å². The van der Waals surface area contributed by atoms with Crippen molar-refractivity contribution >= 4 is 22.8 Å². The molecule has 0 spiro atoms.